The second-order valence-electron chi connectivity index (χ2n) is 8.38. The van der Waals surface area contributed by atoms with E-state index in [0.717, 1.165) is 9.94 Å². The molecule has 1 saturated heterocycles. The molecule has 0 bridgehead atoms. The molecule has 0 N–H and O–H groups in total. The van der Waals surface area contributed by atoms with Gasteiger partial charge in [-0.15, -0.1) is 0 Å². The molecule has 0 aliphatic carbocycles. The lowest BCUT2D eigenvalue weighted by atomic mass is 9.77. The quantitative estimate of drug-likeness (QED) is 0.476. The van der Waals surface area contributed by atoms with Crippen LogP contribution in [0.4, 0.5) is 0 Å². The zero-order valence-corrected chi connectivity index (χ0v) is 23.1. The first-order valence-corrected chi connectivity index (χ1v) is 11.4. The predicted molar refractivity (Wildman–Crippen MR) is 136 cm³/mol. The van der Waals surface area contributed by atoms with Crippen molar-refractivity contribution in [1.82, 2.24) is 0 Å². The zero-order chi connectivity index (χ0) is 25.7. The number of methoxy groups -OCH3 is 6. The molecule has 2 aromatic rings. The van der Waals surface area contributed by atoms with Crippen LogP contribution in [-0.2, 0) is 9.31 Å². The van der Waals surface area contributed by atoms with Crippen LogP contribution in [0.25, 0.3) is 0 Å². The maximum Gasteiger partial charge on any atom is 0.502 e. The summed E-state index contributed by atoms with van der Waals surface area (Å²) < 4.78 is 44.5. The summed E-state index contributed by atoms with van der Waals surface area (Å²) in [6.45, 7) is 8.04. The van der Waals surface area contributed by atoms with Gasteiger partial charge in [-0.3, -0.25) is 0 Å². The van der Waals surface area contributed by atoms with Gasteiger partial charge in [-0.1, -0.05) is 0 Å². The third-order valence-electron chi connectivity index (χ3n) is 5.90. The van der Waals surface area contributed by atoms with E-state index in [1.807, 2.05) is 27.7 Å². The Bertz CT molecular complexity index is 913. The number of halogens is 1. The summed E-state index contributed by atoms with van der Waals surface area (Å²) in [5.74, 6) is 3.97. The Morgan fingerprint density at radius 2 is 0.912 bits per heavy atom. The van der Waals surface area contributed by atoms with Gasteiger partial charge in [0.1, 0.15) is 39.0 Å². The van der Waals surface area contributed by atoms with E-state index in [0.29, 0.717) is 34.5 Å². The smallest absolute Gasteiger partial charge is 0.497 e. The van der Waals surface area contributed by atoms with E-state index in [2.05, 4.69) is 15.9 Å². The lowest BCUT2D eigenvalue weighted by Gasteiger charge is -2.32. The van der Waals surface area contributed by atoms with Crippen molar-refractivity contribution in [3.63, 3.8) is 0 Å². The van der Waals surface area contributed by atoms with Gasteiger partial charge in [-0.05, 0) is 43.6 Å². The molecule has 1 aliphatic heterocycles. The number of rotatable bonds is 7. The fraction of sp³-hybridized carbons (Fsp3) is 0.500. The van der Waals surface area contributed by atoms with Crippen LogP contribution in [0.2, 0.25) is 0 Å². The van der Waals surface area contributed by atoms with Gasteiger partial charge in [0.2, 0.25) is 0 Å². The molecule has 1 fully saturated rings. The minimum Gasteiger partial charge on any atom is -0.497 e. The van der Waals surface area contributed by atoms with E-state index in [4.69, 9.17) is 37.7 Å². The minimum atomic E-state index is -0.550. The van der Waals surface area contributed by atoms with E-state index in [9.17, 15) is 0 Å². The van der Waals surface area contributed by atoms with Gasteiger partial charge in [-0.2, -0.15) is 0 Å². The van der Waals surface area contributed by atoms with E-state index in [-0.39, 0.29) is 0 Å². The Kier molecular flexibility index (Phi) is 9.39. The monoisotopic (exact) mass is 540 g/mol. The van der Waals surface area contributed by atoms with Gasteiger partial charge >= 0.3 is 7.12 Å². The molecule has 1 heterocycles. The van der Waals surface area contributed by atoms with Gasteiger partial charge in [0, 0.05) is 24.3 Å². The van der Waals surface area contributed by atoms with Gasteiger partial charge in [-0.25, -0.2) is 0 Å². The SMILES string of the molecule is COc1cc(OC)c(B2OC(C)(C)C(C)(C)O2)c(OC)c1.COc1cc(OC)c(Br)c(OC)c1. The average Bonchev–Trinajstić information content (AvgIpc) is 3.04. The molecule has 3 rings (SSSR count). The summed E-state index contributed by atoms with van der Waals surface area (Å²) in [6, 6.07) is 7.16. The van der Waals surface area contributed by atoms with Gasteiger partial charge in [0.25, 0.3) is 0 Å². The number of hydrogen-bond acceptors (Lipinski definition) is 8. The predicted octanol–water partition coefficient (Wildman–Crippen LogP) is 4.49. The molecule has 0 unspecified atom stereocenters. The highest BCUT2D eigenvalue weighted by Gasteiger charge is 2.53. The summed E-state index contributed by atoms with van der Waals surface area (Å²) >= 11 is 3.36. The van der Waals surface area contributed by atoms with Crippen LogP contribution in [0.1, 0.15) is 27.7 Å². The first kappa shape index (κ1) is 27.9. The van der Waals surface area contributed by atoms with Crippen LogP contribution in [0, 0.1) is 0 Å². The normalized spacial score (nSPS) is 15.7. The lowest BCUT2D eigenvalue weighted by Crippen LogP contribution is -2.41. The van der Waals surface area contributed by atoms with Crippen LogP contribution >= 0.6 is 15.9 Å². The molecule has 2 aromatic carbocycles. The topological polar surface area (TPSA) is 73.8 Å². The molecular weight excluding hydrogens is 507 g/mol. The second kappa shape index (κ2) is 11.4. The van der Waals surface area contributed by atoms with Gasteiger partial charge < -0.3 is 37.7 Å². The van der Waals surface area contributed by atoms with Crippen molar-refractivity contribution in [2.75, 3.05) is 42.7 Å². The van der Waals surface area contributed by atoms with Crippen LogP contribution in [0.5, 0.6) is 34.5 Å². The fourth-order valence-electron chi connectivity index (χ4n) is 3.19. The Hall–Kier alpha value is -2.30. The number of ether oxygens (including phenoxy) is 6. The molecular formula is C24H34BBrO8. The summed E-state index contributed by atoms with van der Waals surface area (Å²) in [4.78, 5) is 0. The summed E-state index contributed by atoms with van der Waals surface area (Å²) in [5.41, 5.74) is -0.110. The summed E-state index contributed by atoms with van der Waals surface area (Å²) in [5, 5.41) is 0. The third kappa shape index (κ3) is 5.85. The van der Waals surface area contributed by atoms with E-state index in [1.165, 1.54) is 0 Å². The van der Waals surface area contributed by atoms with Crippen LogP contribution in [0.3, 0.4) is 0 Å². The van der Waals surface area contributed by atoms with Crippen molar-refractivity contribution in [3.05, 3.63) is 28.7 Å². The fourth-order valence-corrected chi connectivity index (χ4v) is 3.74. The van der Waals surface area contributed by atoms with Crippen molar-refractivity contribution in [1.29, 1.82) is 0 Å². The molecule has 34 heavy (non-hydrogen) atoms. The number of benzene rings is 2. The van der Waals surface area contributed by atoms with Gasteiger partial charge in [0.05, 0.1) is 59.3 Å². The summed E-state index contributed by atoms with van der Waals surface area (Å²) in [6.07, 6.45) is 0. The first-order chi connectivity index (χ1) is 16.0. The lowest BCUT2D eigenvalue weighted by molar-refractivity contribution is 0.00578. The third-order valence-corrected chi connectivity index (χ3v) is 6.68. The highest BCUT2D eigenvalue weighted by molar-refractivity contribution is 9.10. The Morgan fingerprint density at radius 1 is 0.588 bits per heavy atom. The molecule has 0 spiro atoms. The van der Waals surface area contributed by atoms with Crippen LogP contribution < -0.4 is 33.9 Å². The molecule has 0 amide bonds. The van der Waals surface area contributed by atoms with E-state index >= 15 is 0 Å². The summed E-state index contributed by atoms with van der Waals surface area (Å²) in [7, 11) is 9.04. The molecule has 0 atom stereocenters. The second-order valence-corrected chi connectivity index (χ2v) is 9.17. The van der Waals surface area contributed by atoms with Crippen molar-refractivity contribution < 1.29 is 37.7 Å². The Morgan fingerprint density at radius 3 is 1.21 bits per heavy atom. The largest absolute Gasteiger partial charge is 0.502 e. The van der Waals surface area contributed by atoms with Crippen molar-refractivity contribution in [2.24, 2.45) is 0 Å². The van der Waals surface area contributed by atoms with Gasteiger partial charge in [0.15, 0.2) is 0 Å². The average molecular weight is 541 g/mol. The van der Waals surface area contributed by atoms with E-state index in [1.54, 1.807) is 66.9 Å². The molecule has 10 heteroatoms. The maximum atomic E-state index is 6.09. The van der Waals surface area contributed by atoms with Crippen molar-refractivity contribution in [3.8, 4) is 34.5 Å². The Labute approximate surface area is 211 Å². The standard InChI is InChI=1S/C15H23BO5.C9H11BrO3/c1-14(2)15(3,4)21-16(20-14)13-11(18-6)8-10(17-5)9-12(13)19-7;1-11-6-4-7(12-2)9(10)8(5-6)13-3/h8-9H,1-7H3;4-5H,1-3H3. The molecule has 188 valence electrons. The van der Waals surface area contributed by atoms with Crippen LogP contribution in [-0.4, -0.2) is 61.0 Å². The van der Waals surface area contributed by atoms with Crippen LogP contribution in [0.15, 0.2) is 28.7 Å². The minimum absolute atomic E-state index is 0.423. The Balaban J connectivity index is 0.000000270. The first-order valence-electron chi connectivity index (χ1n) is 10.6. The molecule has 8 nitrogen and oxygen atoms in total. The van der Waals surface area contributed by atoms with Crippen molar-refractivity contribution >= 4 is 28.5 Å². The molecule has 1 aliphatic rings. The van der Waals surface area contributed by atoms with Crippen molar-refractivity contribution in [2.45, 2.75) is 38.9 Å². The maximum absolute atomic E-state index is 6.09. The molecule has 0 radical (unpaired) electrons. The number of hydrogen-bond donors (Lipinski definition) is 0. The molecule has 0 aromatic heterocycles. The zero-order valence-electron chi connectivity index (χ0n) is 21.5. The molecule has 0 saturated carbocycles. The highest BCUT2D eigenvalue weighted by atomic mass is 79.9. The highest BCUT2D eigenvalue weighted by Crippen LogP contribution is 2.39. The van der Waals surface area contributed by atoms with E-state index < -0.39 is 18.3 Å².